The van der Waals surface area contributed by atoms with E-state index >= 15 is 0 Å². The number of H-pyrrole nitrogens is 1. The molecule has 2 aromatic heterocycles. The van der Waals surface area contributed by atoms with Gasteiger partial charge in [0.1, 0.15) is 35.4 Å². The van der Waals surface area contributed by atoms with Crippen LogP contribution in [0.3, 0.4) is 0 Å². The lowest BCUT2D eigenvalue weighted by Gasteiger charge is -2.39. The van der Waals surface area contributed by atoms with Crippen molar-refractivity contribution in [3.8, 4) is 17.6 Å². The standard InChI is InChI=1S/C51H60N7O9P/c1-33(2)47(59)55-50-54-46-43(48(60)56-50)53-32-57(46)49-45(63-30-36-16-11-9-12-17-36)44(67-68(65-29-15-28-52)58(34(3)4)35(5)6)42(66-49)31-64-51(37-18-13-10-14-19-37,38-20-24-40(61-7)25-21-38)39-22-26-41(62-8)27-23-39/h9-14,16-27,32-35,42,44-45,49H,15,29-31H2,1-8H3,(H2,54,55,56,59,60)/t42-,44?,45?,49-,68?/m1/s1. The van der Waals surface area contributed by atoms with E-state index in [1.54, 1.807) is 32.6 Å². The number of methoxy groups -OCH3 is 2. The molecule has 1 fully saturated rings. The first kappa shape index (κ1) is 49.9. The quantitative estimate of drug-likeness (QED) is 0.0374. The first-order chi connectivity index (χ1) is 32.9. The molecular weight excluding hydrogens is 886 g/mol. The fourth-order valence-electron chi connectivity index (χ4n) is 8.25. The van der Waals surface area contributed by atoms with Crippen LogP contribution in [0.5, 0.6) is 11.5 Å². The number of amides is 1. The molecule has 5 atom stereocenters. The van der Waals surface area contributed by atoms with Crippen LogP contribution in [-0.2, 0) is 40.3 Å². The number of nitriles is 1. The number of aromatic amines is 1. The number of carbonyl (C=O) groups excluding carboxylic acids is 1. The van der Waals surface area contributed by atoms with Gasteiger partial charge >= 0.3 is 0 Å². The number of hydrogen-bond donors (Lipinski definition) is 2. The minimum absolute atomic E-state index is 0.0245. The zero-order chi connectivity index (χ0) is 48.4. The van der Waals surface area contributed by atoms with Crippen molar-refractivity contribution in [2.24, 2.45) is 5.92 Å². The maximum atomic E-state index is 13.6. The Morgan fingerprint density at radius 1 is 0.868 bits per heavy atom. The van der Waals surface area contributed by atoms with Gasteiger partial charge in [0.15, 0.2) is 17.4 Å². The Hall–Kier alpha value is -6.02. The maximum Gasteiger partial charge on any atom is 0.280 e. The Balaban J connectivity index is 1.41. The molecule has 68 heavy (non-hydrogen) atoms. The van der Waals surface area contributed by atoms with Crippen molar-refractivity contribution in [1.82, 2.24) is 24.2 Å². The highest BCUT2D eigenvalue weighted by Crippen LogP contribution is 2.51. The summed E-state index contributed by atoms with van der Waals surface area (Å²) < 4.78 is 50.4. The molecule has 2 N–H and O–H groups in total. The Kier molecular flexibility index (Phi) is 16.8. The zero-order valence-corrected chi connectivity index (χ0v) is 40.6. The van der Waals surface area contributed by atoms with Gasteiger partial charge in [-0.1, -0.05) is 98.8 Å². The lowest BCUT2D eigenvalue weighted by atomic mass is 9.80. The number of hydrogen-bond acceptors (Lipinski definition) is 13. The van der Waals surface area contributed by atoms with Gasteiger partial charge in [0.2, 0.25) is 11.9 Å². The molecular formula is C51H60N7O9P. The molecule has 0 radical (unpaired) electrons. The third kappa shape index (κ3) is 11.1. The summed E-state index contributed by atoms with van der Waals surface area (Å²) in [6.45, 7) is 12.0. The fourth-order valence-corrected chi connectivity index (χ4v) is 10.0. The summed E-state index contributed by atoms with van der Waals surface area (Å²) in [7, 11) is 1.38. The van der Waals surface area contributed by atoms with E-state index in [1.165, 1.54) is 6.33 Å². The molecule has 1 amide bonds. The molecule has 1 saturated heterocycles. The van der Waals surface area contributed by atoms with Crippen molar-refractivity contribution in [3.05, 3.63) is 148 Å². The first-order valence-corrected chi connectivity index (χ1v) is 23.8. The van der Waals surface area contributed by atoms with Crippen LogP contribution in [0.25, 0.3) is 11.2 Å². The number of rotatable bonds is 22. The molecule has 4 aromatic carbocycles. The second-order valence-electron chi connectivity index (χ2n) is 17.1. The highest BCUT2D eigenvalue weighted by molar-refractivity contribution is 7.44. The number of imidazole rings is 1. The van der Waals surface area contributed by atoms with Gasteiger partial charge in [-0.15, -0.1) is 0 Å². The van der Waals surface area contributed by atoms with Crippen LogP contribution in [0.15, 0.2) is 120 Å². The lowest BCUT2D eigenvalue weighted by molar-refractivity contribution is -0.118. The molecule has 16 nitrogen and oxygen atoms in total. The van der Waals surface area contributed by atoms with Crippen molar-refractivity contribution in [2.75, 3.05) is 32.8 Å². The topological polar surface area (TPSA) is 184 Å². The Morgan fingerprint density at radius 2 is 1.46 bits per heavy atom. The molecule has 0 saturated carbocycles. The van der Waals surface area contributed by atoms with Crippen LogP contribution < -0.4 is 20.3 Å². The highest BCUT2D eigenvalue weighted by atomic mass is 31.2. The normalized spacial score (nSPS) is 17.8. The number of ether oxygens (including phenoxy) is 5. The fraction of sp³-hybridized carbons (Fsp3) is 0.392. The van der Waals surface area contributed by atoms with Gasteiger partial charge in [-0.2, -0.15) is 10.2 Å². The Morgan fingerprint density at radius 3 is 2.01 bits per heavy atom. The number of nitrogens with one attached hydrogen (secondary N) is 2. The Bertz CT molecular complexity index is 2600. The summed E-state index contributed by atoms with van der Waals surface area (Å²) in [6.07, 6.45) is -2.08. The van der Waals surface area contributed by atoms with E-state index < -0.39 is 44.2 Å². The van der Waals surface area contributed by atoms with Gasteiger partial charge in [-0.05, 0) is 74.2 Å². The van der Waals surface area contributed by atoms with Crippen molar-refractivity contribution < 1.29 is 37.5 Å². The van der Waals surface area contributed by atoms with Crippen LogP contribution in [0.4, 0.5) is 5.95 Å². The van der Waals surface area contributed by atoms with Gasteiger partial charge in [-0.3, -0.25) is 24.5 Å². The maximum absolute atomic E-state index is 13.6. The zero-order valence-electron chi connectivity index (χ0n) is 39.7. The summed E-state index contributed by atoms with van der Waals surface area (Å²) in [5, 5.41) is 12.3. The van der Waals surface area contributed by atoms with Crippen LogP contribution in [-0.4, -0.2) is 87.9 Å². The lowest BCUT2D eigenvalue weighted by Crippen LogP contribution is -2.43. The van der Waals surface area contributed by atoms with Crippen LogP contribution in [0, 0.1) is 17.2 Å². The van der Waals surface area contributed by atoms with Gasteiger partial charge in [0.25, 0.3) is 14.1 Å². The third-order valence-corrected chi connectivity index (χ3v) is 13.7. The summed E-state index contributed by atoms with van der Waals surface area (Å²) in [6, 6.07) is 37.3. The average Bonchev–Trinajstić information content (AvgIpc) is 3.92. The summed E-state index contributed by atoms with van der Waals surface area (Å²) >= 11 is 0. The molecule has 17 heteroatoms. The molecule has 1 aliphatic rings. The SMILES string of the molecule is COc1ccc(C(OC[C@H]2O[C@@H](n3cnc4c(=O)[nH]c(NC(=O)C(C)C)nc43)C(OCc3ccccc3)C2OP(OCCC#N)N(C(C)C)C(C)C)(c2ccccc2)c2ccc(OC)cc2)cc1. The van der Waals surface area contributed by atoms with Gasteiger partial charge in [0, 0.05) is 18.0 Å². The van der Waals surface area contributed by atoms with Gasteiger partial charge in [-0.25, -0.2) is 9.65 Å². The molecule has 3 unspecified atom stereocenters. The summed E-state index contributed by atoms with van der Waals surface area (Å²) in [5.41, 5.74) is 1.76. The van der Waals surface area contributed by atoms with E-state index in [0.29, 0.717) is 11.5 Å². The smallest absolute Gasteiger partial charge is 0.280 e. The predicted molar refractivity (Wildman–Crippen MR) is 259 cm³/mol. The van der Waals surface area contributed by atoms with E-state index in [4.69, 9.17) is 37.7 Å². The van der Waals surface area contributed by atoms with Crippen molar-refractivity contribution in [1.29, 1.82) is 5.26 Å². The monoisotopic (exact) mass is 945 g/mol. The van der Waals surface area contributed by atoms with Crippen LogP contribution in [0.1, 0.15) is 76.4 Å². The highest BCUT2D eigenvalue weighted by Gasteiger charge is 2.52. The molecule has 0 spiro atoms. The molecule has 7 rings (SSSR count). The molecule has 3 heterocycles. The van der Waals surface area contributed by atoms with Gasteiger partial charge in [0.05, 0.1) is 52.9 Å². The number of anilines is 1. The molecule has 1 aliphatic heterocycles. The first-order valence-electron chi connectivity index (χ1n) is 22.7. The van der Waals surface area contributed by atoms with Crippen molar-refractivity contribution in [3.63, 3.8) is 0 Å². The average molecular weight is 946 g/mol. The van der Waals surface area contributed by atoms with Crippen LogP contribution in [0.2, 0.25) is 0 Å². The number of aromatic nitrogens is 4. The molecule has 358 valence electrons. The molecule has 6 aromatic rings. The van der Waals surface area contributed by atoms with E-state index in [2.05, 4.69) is 53.7 Å². The summed E-state index contributed by atoms with van der Waals surface area (Å²) in [5.74, 6) is 0.604. The molecule has 0 bridgehead atoms. The van der Waals surface area contributed by atoms with Crippen LogP contribution >= 0.6 is 8.53 Å². The van der Waals surface area contributed by atoms with Crippen molar-refractivity contribution >= 4 is 31.5 Å². The second kappa shape index (κ2) is 22.9. The number of carbonyl (C=O) groups is 1. The number of benzene rings is 4. The van der Waals surface area contributed by atoms with E-state index in [1.807, 2.05) is 109 Å². The van der Waals surface area contributed by atoms with E-state index in [-0.39, 0.29) is 67.3 Å². The third-order valence-electron chi connectivity index (χ3n) is 11.6. The number of nitrogens with zero attached hydrogens (tertiary/aromatic N) is 5. The predicted octanol–water partition coefficient (Wildman–Crippen LogP) is 8.88. The summed E-state index contributed by atoms with van der Waals surface area (Å²) in [4.78, 5) is 38.3. The molecule has 0 aliphatic carbocycles. The second-order valence-corrected chi connectivity index (χ2v) is 18.5. The van der Waals surface area contributed by atoms with Gasteiger partial charge < -0.3 is 32.7 Å². The minimum Gasteiger partial charge on any atom is -0.497 e. The van der Waals surface area contributed by atoms with Crippen molar-refractivity contribution in [2.45, 2.75) is 96.8 Å². The largest absolute Gasteiger partial charge is 0.497 e. The minimum atomic E-state index is -1.87. The Labute approximate surface area is 398 Å². The van der Waals surface area contributed by atoms with E-state index in [0.717, 1.165) is 22.3 Å². The van der Waals surface area contributed by atoms with E-state index in [9.17, 15) is 14.9 Å². The number of fused-ring (bicyclic) bond motifs is 1.